The third kappa shape index (κ3) is 2.44. The highest BCUT2D eigenvalue weighted by Crippen LogP contribution is 2.51. The van der Waals surface area contributed by atoms with Gasteiger partial charge in [0.05, 0.1) is 5.70 Å². The van der Waals surface area contributed by atoms with Crippen molar-refractivity contribution < 1.29 is 9.13 Å². The highest BCUT2D eigenvalue weighted by molar-refractivity contribution is 7.10. The number of thiophene rings is 1. The molecule has 6 rings (SSSR count). The summed E-state index contributed by atoms with van der Waals surface area (Å²) in [5, 5.41) is 9.91. The van der Waals surface area contributed by atoms with Crippen molar-refractivity contribution in [2.24, 2.45) is 0 Å². The standard InChI is InChI=1S/C22H15FN4OS/c23-15-8-3-1-6-13(15)21-18-19(14-7-2-4-9-16(14)28-21)26-22-24-12-25-27(22)20(18)17-10-5-11-29-17/h1-12,20-21H,(H,24,25,26)/t20-,21+/m0/s1. The smallest absolute Gasteiger partial charge is 0.226 e. The highest BCUT2D eigenvalue weighted by Gasteiger charge is 2.41. The quantitative estimate of drug-likeness (QED) is 0.510. The summed E-state index contributed by atoms with van der Waals surface area (Å²) in [6.07, 6.45) is 0.949. The van der Waals surface area contributed by atoms with E-state index in [1.54, 1.807) is 23.5 Å². The number of rotatable bonds is 2. The van der Waals surface area contributed by atoms with Gasteiger partial charge >= 0.3 is 0 Å². The Kier molecular flexibility index (Phi) is 3.57. The molecular formula is C22H15FN4OS. The van der Waals surface area contributed by atoms with Gasteiger partial charge in [0.2, 0.25) is 5.95 Å². The number of benzene rings is 2. The highest BCUT2D eigenvalue weighted by atomic mass is 32.1. The Morgan fingerprint density at radius 3 is 2.76 bits per heavy atom. The van der Waals surface area contributed by atoms with E-state index >= 15 is 0 Å². The number of hydrogen-bond acceptors (Lipinski definition) is 5. The van der Waals surface area contributed by atoms with Crippen molar-refractivity contribution in [3.8, 4) is 5.75 Å². The first-order chi connectivity index (χ1) is 14.3. The van der Waals surface area contributed by atoms with Crippen molar-refractivity contribution in [3.63, 3.8) is 0 Å². The second-order valence-electron chi connectivity index (χ2n) is 6.92. The molecule has 0 radical (unpaired) electrons. The third-order valence-corrected chi connectivity index (χ3v) is 6.25. The number of nitrogens with one attached hydrogen (secondary N) is 1. The fraction of sp³-hybridized carbons (Fsp3) is 0.0909. The minimum absolute atomic E-state index is 0.235. The zero-order valence-electron chi connectivity index (χ0n) is 15.1. The van der Waals surface area contributed by atoms with E-state index in [4.69, 9.17) is 4.74 Å². The predicted molar refractivity (Wildman–Crippen MR) is 109 cm³/mol. The summed E-state index contributed by atoms with van der Waals surface area (Å²) < 4.78 is 23.1. The summed E-state index contributed by atoms with van der Waals surface area (Å²) in [6.45, 7) is 0. The molecule has 5 nitrogen and oxygen atoms in total. The molecule has 2 aromatic heterocycles. The second kappa shape index (κ2) is 6.28. The van der Waals surface area contributed by atoms with Crippen LogP contribution in [0.2, 0.25) is 0 Å². The molecule has 29 heavy (non-hydrogen) atoms. The van der Waals surface area contributed by atoms with Gasteiger partial charge in [-0.25, -0.2) is 9.07 Å². The molecule has 0 unspecified atom stereocenters. The molecule has 142 valence electrons. The molecule has 0 saturated carbocycles. The summed E-state index contributed by atoms with van der Waals surface area (Å²) in [6, 6.07) is 18.4. The van der Waals surface area contributed by atoms with Crippen molar-refractivity contribution in [2.45, 2.75) is 12.1 Å². The molecule has 4 heterocycles. The average molecular weight is 402 g/mol. The number of para-hydroxylation sites is 1. The van der Waals surface area contributed by atoms with Gasteiger partial charge < -0.3 is 10.1 Å². The first-order valence-corrected chi connectivity index (χ1v) is 10.1. The van der Waals surface area contributed by atoms with Crippen LogP contribution in [0.3, 0.4) is 0 Å². The lowest BCUT2D eigenvalue weighted by atomic mass is 9.87. The van der Waals surface area contributed by atoms with Crippen LogP contribution in [-0.4, -0.2) is 14.8 Å². The molecular weight excluding hydrogens is 387 g/mol. The summed E-state index contributed by atoms with van der Waals surface area (Å²) >= 11 is 1.64. The lowest BCUT2D eigenvalue weighted by Crippen LogP contribution is -2.32. The van der Waals surface area contributed by atoms with Gasteiger partial charge in [-0.3, -0.25) is 0 Å². The second-order valence-corrected chi connectivity index (χ2v) is 7.90. The molecule has 1 N–H and O–H groups in total. The molecule has 0 fully saturated rings. The Labute approximate surface area is 170 Å². The summed E-state index contributed by atoms with van der Waals surface area (Å²) in [7, 11) is 0. The summed E-state index contributed by atoms with van der Waals surface area (Å²) in [5.41, 5.74) is 3.26. The number of halogens is 1. The van der Waals surface area contributed by atoms with Crippen LogP contribution < -0.4 is 10.1 Å². The van der Waals surface area contributed by atoms with Gasteiger partial charge in [-0.15, -0.1) is 11.3 Å². The number of nitrogens with zero attached hydrogens (tertiary/aromatic N) is 3. The minimum Gasteiger partial charge on any atom is -0.480 e. The van der Waals surface area contributed by atoms with Crippen LogP contribution in [0.15, 0.2) is 77.9 Å². The molecule has 0 saturated heterocycles. The minimum atomic E-state index is -0.585. The molecule has 4 aromatic rings. The Balaban J connectivity index is 1.66. The Hall–Kier alpha value is -3.45. The van der Waals surface area contributed by atoms with Gasteiger partial charge in [-0.05, 0) is 29.6 Å². The zero-order valence-corrected chi connectivity index (χ0v) is 15.9. The van der Waals surface area contributed by atoms with Crippen molar-refractivity contribution in [1.82, 2.24) is 14.8 Å². The van der Waals surface area contributed by atoms with E-state index in [1.165, 1.54) is 12.4 Å². The number of anilines is 1. The molecule has 2 aromatic carbocycles. The van der Waals surface area contributed by atoms with Crippen LogP contribution >= 0.6 is 11.3 Å². The number of aromatic nitrogens is 3. The molecule has 2 aliphatic heterocycles. The van der Waals surface area contributed by atoms with Crippen molar-refractivity contribution >= 4 is 23.0 Å². The zero-order chi connectivity index (χ0) is 19.4. The normalized spacial score (nSPS) is 19.6. The fourth-order valence-corrected chi connectivity index (χ4v) is 4.91. The largest absolute Gasteiger partial charge is 0.480 e. The van der Waals surface area contributed by atoms with Gasteiger partial charge in [0.25, 0.3) is 0 Å². The average Bonchev–Trinajstić information content (AvgIpc) is 3.44. The van der Waals surface area contributed by atoms with Crippen molar-refractivity contribution in [2.75, 3.05) is 5.32 Å². The summed E-state index contributed by atoms with van der Waals surface area (Å²) in [5.74, 6) is 1.08. The SMILES string of the molecule is Fc1ccccc1[C@H]1Oc2ccccc2C2=C1[C@H](c1cccs1)n1ncnc1N2. The van der Waals surface area contributed by atoms with Gasteiger partial charge in [0.15, 0.2) is 6.10 Å². The van der Waals surface area contributed by atoms with Gasteiger partial charge in [-0.1, -0.05) is 36.4 Å². The van der Waals surface area contributed by atoms with Crippen LogP contribution in [0.1, 0.15) is 28.1 Å². The van der Waals surface area contributed by atoms with E-state index in [1.807, 2.05) is 46.5 Å². The van der Waals surface area contributed by atoms with Gasteiger partial charge in [0.1, 0.15) is 23.9 Å². The Morgan fingerprint density at radius 1 is 1.03 bits per heavy atom. The maximum atomic E-state index is 14.9. The molecule has 0 aliphatic carbocycles. The summed E-state index contributed by atoms with van der Waals surface area (Å²) in [4.78, 5) is 5.49. The third-order valence-electron chi connectivity index (χ3n) is 5.32. The number of fused-ring (bicyclic) bond motifs is 3. The van der Waals surface area contributed by atoms with Crippen LogP contribution in [0.25, 0.3) is 5.70 Å². The lowest BCUT2D eigenvalue weighted by molar-refractivity contribution is 0.218. The molecule has 7 heteroatoms. The Morgan fingerprint density at radius 2 is 1.90 bits per heavy atom. The van der Waals surface area contributed by atoms with E-state index in [9.17, 15) is 4.39 Å². The van der Waals surface area contributed by atoms with E-state index in [2.05, 4.69) is 21.5 Å². The lowest BCUT2D eigenvalue weighted by Gasteiger charge is -2.38. The van der Waals surface area contributed by atoms with E-state index < -0.39 is 6.10 Å². The van der Waals surface area contributed by atoms with Crippen molar-refractivity contribution in [1.29, 1.82) is 0 Å². The monoisotopic (exact) mass is 402 g/mol. The molecule has 0 spiro atoms. The first kappa shape index (κ1) is 16.5. The number of ether oxygens (including phenoxy) is 1. The van der Waals surface area contributed by atoms with E-state index in [-0.39, 0.29) is 11.9 Å². The fourth-order valence-electron chi connectivity index (χ4n) is 4.08. The van der Waals surface area contributed by atoms with Gasteiger partial charge in [0, 0.05) is 21.6 Å². The van der Waals surface area contributed by atoms with Gasteiger partial charge in [-0.2, -0.15) is 10.1 Å². The van der Waals surface area contributed by atoms with Crippen LogP contribution in [0, 0.1) is 5.82 Å². The topological polar surface area (TPSA) is 52.0 Å². The molecule has 2 atom stereocenters. The molecule has 2 aliphatic rings. The van der Waals surface area contributed by atoms with E-state index in [0.717, 1.165) is 21.7 Å². The van der Waals surface area contributed by atoms with Crippen molar-refractivity contribution in [3.05, 3.63) is 99.8 Å². The van der Waals surface area contributed by atoms with Crippen LogP contribution in [0.4, 0.5) is 10.3 Å². The number of hydrogen-bond donors (Lipinski definition) is 1. The maximum Gasteiger partial charge on any atom is 0.226 e. The Bertz CT molecular complexity index is 1250. The molecule has 0 bridgehead atoms. The van der Waals surface area contributed by atoms with Crippen LogP contribution in [-0.2, 0) is 0 Å². The van der Waals surface area contributed by atoms with E-state index in [0.29, 0.717) is 17.3 Å². The predicted octanol–water partition coefficient (Wildman–Crippen LogP) is 5.04. The first-order valence-electron chi connectivity index (χ1n) is 9.26. The molecule has 0 amide bonds. The maximum absolute atomic E-state index is 14.9. The van der Waals surface area contributed by atoms with Crippen LogP contribution in [0.5, 0.6) is 5.75 Å².